The fourth-order valence-corrected chi connectivity index (χ4v) is 1.09. The largest absolute Gasteiger partial charge is 0.307 e. The number of hydrogen-bond donors (Lipinski definition) is 3. The number of nitrogens with zero attached hydrogens (tertiary/aromatic N) is 2. The highest BCUT2D eigenvalue weighted by Crippen LogP contribution is 2.06. The molecule has 6 heteroatoms. The maximum Gasteiger partial charge on any atom is 0.260 e. The third kappa shape index (κ3) is 1.49. The fraction of sp³-hybridized carbons (Fsp3) is 0.125. The lowest BCUT2D eigenvalue weighted by Gasteiger charge is -1.99. The van der Waals surface area contributed by atoms with E-state index in [0.717, 1.165) is 5.69 Å². The predicted molar refractivity (Wildman–Crippen MR) is 49.9 cm³/mol. The van der Waals surface area contributed by atoms with Gasteiger partial charge in [0.2, 0.25) is 0 Å². The Hall–Kier alpha value is -2.11. The second-order valence-electron chi connectivity index (χ2n) is 2.83. The number of carbonyl (C=O) groups is 1. The number of aromatic amines is 2. The first-order valence-corrected chi connectivity index (χ1v) is 4.08. The zero-order valence-electron chi connectivity index (χ0n) is 7.53. The molecule has 0 unspecified atom stereocenters. The normalized spacial score (nSPS) is 10.1. The van der Waals surface area contributed by atoms with Crippen LogP contribution in [-0.4, -0.2) is 26.3 Å². The van der Waals surface area contributed by atoms with E-state index in [1.807, 2.05) is 0 Å². The van der Waals surface area contributed by atoms with Crippen molar-refractivity contribution >= 4 is 11.7 Å². The molecule has 0 aromatic carbocycles. The van der Waals surface area contributed by atoms with Crippen LogP contribution in [0.2, 0.25) is 0 Å². The van der Waals surface area contributed by atoms with Crippen LogP contribution in [0.3, 0.4) is 0 Å². The molecule has 1 amide bonds. The van der Waals surface area contributed by atoms with Gasteiger partial charge in [-0.25, -0.2) is 0 Å². The minimum atomic E-state index is -0.208. The van der Waals surface area contributed by atoms with Gasteiger partial charge >= 0.3 is 0 Å². The highest BCUT2D eigenvalue weighted by atomic mass is 16.1. The zero-order chi connectivity index (χ0) is 9.97. The molecule has 0 spiro atoms. The minimum Gasteiger partial charge on any atom is -0.307 e. The highest BCUT2D eigenvalue weighted by molar-refractivity contribution is 6.04. The third-order valence-electron chi connectivity index (χ3n) is 1.82. The van der Waals surface area contributed by atoms with Crippen molar-refractivity contribution in [3.63, 3.8) is 0 Å². The summed E-state index contributed by atoms with van der Waals surface area (Å²) in [5, 5.41) is 15.5. The van der Waals surface area contributed by atoms with Crippen LogP contribution in [-0.2, 0) is 0 Å². The standard InChI is InChI=1S/C8H9N5O/c1-5-6(4-10-12-5)8(14)11-7-2-3-9-13-7/h2-4H,1H3,(H,10,12)(H2,9,11,13,14). The Morgan fingerprint density at radius 2 is 2.29 bits per heavy atom. The molecular formula is C8H9N5O. The number of hydrogen-bond acceptors (Lipinski definition) is 3. The van der Waals surface area contributed by atoms with E-state index in [-0.39, 0.29) is 5.91 Å². The maximum absolute atomic E-state index is 11.6. The lowest BCUT2D eigenvalue weighted by Crippen LogP contribution is -2.12. The Morgan fingerprint density at radius 1 is 1.43 bits per heavy atom. The van der Waals surface area contributed by atoms with Gasteiger partial charge in [-0.2, -0.15) is 10.2 Å². The van der Waals surface area contributed by atoms with E-state index in [0.29, 0.717) is 11.4 Å². The van der Waals surface area contributed by atoms with Crippen molar-refractivity contribution in [1.29, 1.82) is 0 Å². The first kappa shape index (κ1) is 8.49. The van der Waals surface area contributed by atoms with Crippen molar-refractivity contribution < 1.29 is 4.79 Å². The van der Waals surface area contributed by atoms with Crippen LogP contribution in [0.5, 0.6) is 0 Å². The summed E-state index contributed by atoms with van der Waals surface area (Å²) in [4.78, 5) is 11.6. The monoisotopic (exact) mass is 191 g/mol. The van der Waals surface area contributed by atoms with Gasteiger partial charge in [-0.1, -0.05) is 0 Å². The molecule has 0 saturated carbocycles. The van der Waals surface area contributed by atoms with Crippen LogP contribution < -0.4 is 5.32 Å². The van der Waals surface area contributed by atoms with E-state index < -0.39 is 0 Å². The molecule has 2 aromatic rings. The maximum atomic E-state index is 11.6. The van der Waals surface area contributed by atoms with Crippen molar-refractivity contribution in [1.82, 2.24) is 20.4 Å². The molecule has 0 aliphatic rings. The highest BCUT2D eigenvalue weighted by Gasteiger charge is 2.10. The van der Waals surface area contributed by atoms with E-state index in [1.54, 1.807) is 19.2 Å². The van der Waals surface area contributed by atoms with Gasteiger partial charge in [-0.3, -0.25) is 15.0 Å². The van der Waals surface area contributed by atoms with Crippen molar-refractivity contribution in [3.8, 4) is 0 Å². The first-order chi connectivity index (χ1) is 6.77. The Morgan fingerprint density at radius 3 is 2.86 bits per heavy atom. The van der Waals surface area contributed by atoms with Crippen LogP contribution >= 0.6 is 0 Å². The molecule has 2 heterocycles. The first-order valence-electron chi connectivity index (χ1n) is 4.08. The average Bonchev–Trinajstić information content (AvgIpc) is 2.75. The quantitative estimate of drug-likeness (QED) is 0.652. The van der Waals surface area contributed by atoms with E-state index >= 15 is 0 Å². The van der Waals surface area contributed by atoms with Gasteiger partial charge in [-0.05, 0) is 6.92 Å². The molecule has 14 heavy (non-hydrogen) atoms. The summed E-state index contributed by atoms with van der Waals surface area (Å²) in [5.41, 5.74) is 1.27. The van der Waals surface area contributed by atoms with Crippen LogP contribution in [0, 0.1) is 6.92 Å². The van der Waals surface area contributed by atoms with Crippen molar-refractivity contribution in [2.24, 2.45) is 0 Å². The van der Waals surface area contributed by atoms with Crippen LogP contribution in [0.15, 0.2) is 18.5 Å². The summed E-state index contributed by atoms with van der Waals surface area (Å²) >= 11 is 0. The number of rotatable bonds is 2. The summed E-state index contributed by atoms with van der Waals surface area (Å²) in [6.45, 7) is 1.79. The molecule has 0 fully saturated rings. The Labute approximate surface area is 79.7 Å². The molecule has 0 saturated heterocycles. The number of carbonyl (C=O) groups excluding carboxylic acids is 1. The molecule has 0 atom stereocenters. The summed E-state index contributed by atoms with van der Waals surface area (Å²) in [6, 6.07) is 1.67. The molecular weight excluding hydrogens is 182 g/mol. The van der Waals surface area contributed by atoms with Gasteiger partial charge in [0.1, 0.15) is 5.82 Å². The molecule has 3 N–H and O–H groups in total. The molecule has 2 rings (SSSR count). The molecule has 2 aromatic heterocycles. The molecule has 0 radical (unpaired) electrons. The predicted octanol–water partition coefficient (Wildman–Crippen LogP) is 0.694. The van der Waals surface area contributed by atoms with Crippen LogP contribution in [0.4, 0.5) is 5.82 Å². The Bertz CT molecular complexity index is 430. The number of nitrogens with one attached hydrogen (secondary N) is 3. The SMILES string of the molecule is Cc1[nH]ncc1C(=O)Nc1ccn[nH]1. The minimum absolute atomic E-state index is 0.208. The number of H-pyrrole nitrogens is 2. The molecule has 6 nitrogen and oxygen atoms in total. The van der Waals surface area contributed by atoms with E-state index in [9.17, 15) is 4.79 Å². The summed E-state index contributed by atoms with van der Waals surface area (Å²) in [5.74, 6) is 0.358. The summed E-state index contributed by atoms with van der Waals surface area (Å²) < 4.78 is 0. The fourth-order valence-electron chi connectivity index (χ4n) is 1.09. The topological polar surface area (TPSA) is 86.5 Å². The average molecular weight is 191 g/mol. The van der Waals surface area contributed by atoms with Crippen LogP contribution in [0.25, 0.3) is 0 Å². The smallest absolute Gasteiger partial charge is 0.260 e. The summed E-state index contributed by atoms with van der Waals surface area (Å²) in [6.07, 6.45) is 3.05. The number of aromatic nitrogens is 4. The third-order valence-corrected chi connectivity index (χ3v) is 1.82. The van der Waals surface area contributed by atoms with Gasteiger partial charge in [0, 0.05) is 11.8 Å². The summed E-state index contributed by atoms with van der Waals surface area (Å²) in [7, 11) is 0. The van der Waals surface area contributed by atoms with Crippen molar-refractivity contribution in [3.05, 3.63) is 29.7 Å². The second-order valence-corrected chi connectivity index (χ2v) is 2.83. The zero-order valence-corrected chi connectivity index (χ0v) is 7.53. The van der Waals surface area contributed by atoms with Gasteiger partial charge in [0.05, 0.1) is 18.0 Å². The lowest BCUT2D eigenvalue weighted by atomic mass is 10.2. The molecule has 0 bridgehead atoms. The Kier molecular flexibility index (Phi) is 2.02. The van der Waals surface area contributed by atoms with Crippen molar-refractivity contribution in [2.75, 3.05) is 5.32 Å². The van der Waals surface area contributed by atoms with Gasteiger partial charge in [0.15, 0.2) is 0 Å². The van der Waals surface area contributed by atoms with E-state index in [4.69, 9.17) is 0 Å². The molecule has 0 aliphatic carbocycles. The van der Waals surface area contributed by atoms with E-state index in [1.165, 1.54) is 6.20 Å². The van der Waals surface area contributed by atoms with Gasteiger partial charge in [0.25, 0.3) is 5.91 Å². The number of amides is 1. The Balaban J connectivity index is 2.14. The number of anilines is 1. The second kappa shape index (κ2) is 3.33. The van der Waals surface area contributed by atoms with Crippen molar-refractivity contribution in [2.45, 2.75) is 6.92 Å². The van der Waals surface area contributed by atoms with Crippen LogP contribution in [0.1, 0.15) is 16.1 Å². The number of aryl methyl sites for hydroxylation is 1. The van der Waals surface area contributed by atoms with Gasteiger partial charge in [-0.15, -0.1) is 0 Å². The lowest BCUT2D eigenvalue weighted by molar-refractivity contribution is 0.102. The van der Waals surface area contributed by atoms with Gasteiger partial charge < -0.3 is 5.32 Å². The molecule has 0 aliphatic heterocycles. The van der Waals surface area contributed by atoms with E-state index in [2.05, 4.69) is 25.7 Å². The molecule has 72 valence electrons.